The molecular weight excluding hydrogens is 973 g/mol. The summed E-state index contributed by atoms with van der Waals surface area (Å²) in [6.45, 7) is 6.65. The summed E-state index contributed by atoms with van der Waals surface area (Å²) in [5.74, 6) is -0.877. The van der Waals surface area contributed by atoms with Crippen molar-refractivity contribution in [1.82, 2.24) is 0 Å². The highest BCUT2D eigenvalue weighted by molar-refractivity contribution is 5.71. The standard InChI is InChI=1S/C73H130O6/c1-4-7-10-13-16-19-22-25-28-31-33-35-36-38-39-42-45-48-51-54-57-60-63-66-72(75)78-69-70(68-77-71(74)65-62-59-56-53-50-47-44-41-30-27-24-21-18-15-12-9-6-3)79-73(76)67-64-61-58-55-52-49-46-43-40-37-34-32-29-26-23-20-17-14-11-8-5-2/h22-23,25-27,30-34,36,38,70H,4-21,24,28-29,35,37,39-69H2,1-3H3/b25-22-,26-23-,30-27-,33-31-,34-32-,38-36-. The second-order valence-corrected chi connectivity index (χ2v) is 23.1. The smallest absolute Gasteiger partial charge is 0.306 e. The lowest BCUT2D eigenvalue weighted by Crippen LogP contribution is -2.30. The maximum absolute atomic E-state index is 13.0. The normalized spacial score (nSPS) is 12.5. The Bertz CT molecular complexity index is 1450. The quantitative estimate of drug-likeness (QED) is 0.0261. The largest absolute Gasteiger partial charge is 0.462 e. The molecule has 0 heterocycles. The second-order valence-electron chi connectivity index (χ2n) is 23.1. The van der Waals surface area contributed by atoms with Crippen LogP contribution in [-0.4, -0.2) is 37.2 Å². The van der Waals surface area contributed by atoms with Crippen LogP contribution in [0.1, 0.15) is 355 Å². The third-order valence-electron chi connectivity index (χ3n) is 15.2. The Labute approximate surface area is 491 Å². The van der Waals surface area contributed by atoms with Crippen molar-refractivity contribution in [2.24, 2.45) is 0 Å². The predicted molar refractivity (Wildman–Crippen MR) is 344 cm³/mol. The Kier molecular flexibility index (Phi) is 64.7. The average molecular weight is 1100 g/mol. The molecule has 0 radical (unpaired) electrons. The highest BCUT2D eigenvalue weighted by Crippen LogP contribution is 2.17. The van der Waals surface area contributed by atoms with Gasteiger partial charge in [0.2, 0.25) is 0 Å². The fourth-order valence-electron chi connectivity index (χ4n) is 9.95. The van der Waals surface area contributed by atoms with E-state index in [0.717, 1.165) is 83.5 Å². The number of unbranched alkanes of at least 4 members (excludes halogenated alkanes) is 40. The van der Waals surface area contributed by atoms with Crippen molar-refractivity contribution in [2.75, 3.05) is 13.2 Å². The van der Waals surface area contributed by atoms with Crippen LogP contribution in [0.2, 0.25) is 0 Å². The van der Waals surface area contributed by atoms with Crippen LogP contribution in [-0.2, 0) is 28.6 Å². The summed E-state index contributed by atoms with van der Waals surface area (Å²) in [5, 5.41) is 0. The van der Waals surface area contributed by atoms with E-state index >= 15 is 0 Å². The van der Waals surface area contributed by atoms with Crippen molar-refractivity contribution in [1.29, 1.82) is 0 Å². The van der Waals surface area contributed by atoms with Crippen molar-refractivity contribution >= 4 is 17.9 Å². The number of esters is 3. The first-order valence-electron chi connectivity index (χ1n) is 34.4. The fourth-order valence-corrected chi connectivity index (χ4v) is 9.95. The molecule has 79 heavy (non-hydrogen) atoms. The summed E-state index contributed by atoms with van der Waals surface area (Å²) < 4.78 is 17.0. The van der Waals surface area contributed by atoms with Gasteiger partial charge >= 0.3 is 17.9 Å². The Hall–Kier alpha value is -3.15. The molecule has 0 aliphatic rings. The van der Waals surface area contributed by atoms with Gasteiger partial charge in [-0.05, 0) is 116 Å². The Morgan fingerprint density at radius 1 is 0.253 bits per heavy atom. The highest BCUT2D eigenvalue weighted by Gasteiger charge is 2.19. The van der Waals surface area contributed by atoms with Crippen LogP contribution in [0.5, 0.6) is 0 Å². The van der Waals surface area contributed by atoms with Crippen LogP contribution in [0.25, 0.3) is 0 Å². The summed E-state index contributed by atoms with van der Waals surface area (Å²) >= 11 is 0. The molecule has 0 fully saturated rings. The molecule has 0 aromatic heterocycles. The average Bonchev–Trinajstić information content (AvgIpc) is 3.45. The van der Waals surface area contributed by atoms with Crippen LogP contribution in [0, 0.1) is 0 Å². The number of ether oxygens (including phenoxy) is 3. The van der Waals surface area contributed by atoms with Crippen molar-refractivity contribution in [2.45, 2.75) is 361 Å². The zero-order valence-corrected chi connectivity index (χ0v) is 52.6. The molecule has 0 aromatic carbocycles. The topological polar surface area (TPSA) is 78.9 Å². The zero-order valence-electron chi connectivity index (χ0n) is 52.6. The molecule has 458 valence electrons. The van der Waals surface area contributed by atoms with E-state index in [0.29, 0.717) is 19.3 Å². The van der Waals surface area contributed by atoms with E-state index in [9.17, 15) is 14.4 Å². The van der Waals surface area contributed by atoms with Crippen LogP contribution in [0.15, 0.2) is 72.9 Å². The van der Waals surface area contributed by atoms with E-state index in [1.54, 1.807) is 0 Å². The maximum atomic E-state index is 13.0. The number of carbonyl (C=O) groups excluding carboxylic acids is 3. The summed E-state index contributed by atoms with van der Waals surface area (Å²) in [6, 6.07) is 0. The molecule has 1 atom stereocenters. The third kappa shape index (κ3) is 65.5. The molecule has 6 nitrogen and oxygen atoms in total. The van der Waals surface area contributed by atoms with Crippen molar-refractivity contribution in [3.8, 4) is 0 Å². The molecule has 0 saturated carbocycles. The molecule has 0 aliphatic carbocycles. The number of rotatable bonds is 63. The summed E-state index contributed by atoms with van der Waals surface area (Å²) in [6.07, 6.45) is 87.6. The molecule has 0 aliphatic heterocycles. The molecular formula is C73H130O6. The van der Waals surface area contributed by atoms with Crippen LogP contribution in [0.3, 0.4) is 0 Å². The van der Waals surface area contributed by atoms with E-state index in [2.05, 4.69) is 93.7 Å². The van der Waals surface area contributed by atoms with Gasteiger partial charge in [-0.3, -0.25) is 14.4 Å². The molecule has 0 rings (SSSR count). The van der Waals surface area contributed by atoms with Gasteiger partial charge in [-0.1, -0.05) is 293 Å². The number of hydrogen-bond acceptors (Lipinski definition) is 6. The fraction of sp³-hybridized carbons (Fsp3) is 0.795. The third-order valence-corrected chi connectivity index (χ3v) is 15.2. The van der Waals surface area contributed by atoms with Gasteiger partial charge in [0.25, 0.3) is 0 Å². The molecule has 0 spiro atoms. The van der Waals surface area contributed by atoms with Gasteiger partial charge in [0.05, 0.1) is 0 Å². The Morgan fingerprint density at radius 2 is 0.456 bits per heavy atom. The second kappa shape index (κ2) is 67.4. The van der Waals surface area contributed by atoms with E-state index in [-0.39, 0.29) is 31.1 Å². The Balaban J connectivity index is 4.38. The molecule has 0 amide bonds. The molecule has 0 saturated heterocycles. The van der Waals surface area contributed by atoms with Crippen LogP contribution >= 0.6 is 0 Å². The lowest BCUT2D eigenvalue weighted by atomic mass is 10.1. The molecule has 1 unspecified atom stereocenters. The first-order chi connectivity index (χ1) is 39.0. The van der Waals surface area contributed by atoms with E-state index in [4.69, 9.17) is 14.2 Å². The summed E-state index contributed by atoms with van der Waals surface area (Å²) in [5.41, 5.74) is 0. The summed E-state index contributed by atoms with van der Waals surface area (Å²) in [4.78, 5) is 38.4. The van der Waals surface area contributed by atoms with E-state index in [1.807, 2.05) is 0 Å². The van der Waals surface area contributed by atoms with Crippen molar-refractivity contribution in [3.05, 3.63) is 72.9 Å². The van der Waals surface area contributed by atoms with Gasteiger partial charge in [0.15, 0.2) is 6.10 Å². The SMILES string of the molecule is CCCCCCC/C=C\C/C=C\C/C=C\CCCCCCCCCCC(=O)OCC(COC(=O)CCCCCCCCC/C=C\CCCCCCCC)OC(=O)CCCCCCCCCCC/C=C\C/C=C\CCCCCCC. The van der Waals surface area contributed by atoms with Gasteiger partial charge < -0.3 is 14.2 Å². The van der Waals surface area contributed by atoms with Gasteiger partial charge in [-0.2, -0.15) is 0 Å². The first-order valence-corrected chi connectivity index (χ1v) is 34.4. The monoisotopic (exact) mass is 1100 g/mol. The van der Waals surface area contributed by atoms with Crippen molar-refractivity contribution in [3.63, 3.8) is 0 Å². The van der Waals surface area contributed by atoms with E-state index in [1.165, 1.54) is 231 Å². The molecule has 0 aromatic rings. The summed E-state index contributed by atoms with van der Waals surface area (Å²) in [7, 11) is 0. The van der Waals surface area contributed by atoms with Crippen LogP contribution < -0.4 is 0 Å². The molecule has 0 N–H and O–H groups in total. The Morgan fingerprint density at radius 3 is 0.722 bits per heavy atom. The minimum absolute atomic E-state index is 0.0801. The lowest BCUT2D eigenvalue weighted by Gasteiger charge is -2.18. The maximum Gasteiger partial charge on any atom is 0.306 e. The lowest BCUT2D eigenvalue weighted by molar-refractivity contribution is -0.167. The molecule has 6 heteroatoms. The van der Waals surface area contributed by atoms with Crippen LogP contribution in [0.4, 0.5) is 0 Å². The minimum atomic E-state index is -0.785. The number of hydrogen-bond donors (Lipinski definition) is 0. The van der Waals surface area contributed by atoms with Gasteiger partial charge in [0, 0.05) is 19.3 Å². The molecule has 0 bridgehead atoms. The number of allylic oxidation sites excluding steroid dienone is 12. The van der Waals surface area contributed by atoms with Crippen molar-refractivity contribution < 1.29 is 28.6 Å². The zero-order chi connectivity index (χ0) is 57.1. The highest BCUT2D eigenvalue weighted by atomic mass is 16.6. The van der Waals surface area contributed by atoms with Gasteiger partial charge in [-0.15, -0.1) is 0 Å². The number of carbonyl (C=O) groups is 3. The van der Waals surface area contributed by atoms with E-state index < -0.39 is 6.10 Å². The predicted octanol–water partition coefficient (Wildman–Crippen LogP) is 23.7. The van der Waals surface area contributed by atoms with Gasteiger partial charge in [-0.25, -0.2) is 0 Å². The first kappa shape index (κ1) is 75.8. The minimum Gasteiger partial charge on any atom is -0.462 e. The van der Waals surface area contributed by atoms with Gasteiger partial charge in [0.1, 0.15) is 13.2 Å².